The number of carbonyl (C=O) groups excluding carboxylic acids is 4. The molecule has 282 valence electrons. The minimum atomic E-state index is -0.943. The SMILES string of the molecule is CNCCCC[C@@H](C)C(=O)N[C@H](C(=O)N(C)[C@H](C[C@@H](OC(C)=O)c1nc(C(=O)N[C@@H](Cc2ccccc2)C[C@H](C)C(=O)O)cs1)C(C)C)C1CC1. The van der Waals surface area contributed by atoms with Crippen LogP contribution >= 0.6 is 11.3 Å². The van der Waals surface area contributed by atoms with Crippen molar-refractivity contribution in [3.05, 3.63) is 52.0 Å². The highest BCUT2D eigenvalue weighted by Crippen LogP contribution is 2.35. The third kappa shape index (κ3) is 13.3. The number of nitrogens with zero attached hydrogens (tertiary/aromatic N) is 2. The molecule has 0 aliphatic heterocycles. The van der Waals surface area contributed by atoms with Crippen LogP contribution in [0.1, 0.15) is 107 Å². The molecule has 3 rings (SSSR count). The molecule has 1 saturated carbocycles. The van der Waals surface area contributed by atoms with Crippen LogP contribution in [0.2, 0.25) is 0 Å². The lowest BCUT2D eigenvalue weighted by atomic mass is 9.95. The summed E-state index contributed by atoms with van der Waals surface area (Å²) in [6.45, 7) is 9.69. The number of amides is 3. The van der Waals surface area contributed by atoms with E-state index < -0.39 is 42.0 Å². The van der Waals surface area contributed by atoms with Crippen LogP contribution in [0, 0.1) is 23.7 Å². The van der Waals surface area contributed by atoms with Gasteiger partial charge in [0, 0.05) is 43.8 Å². The summed E-state index contributed by atoms with van der Waals surface area (Å²) in [4.78, 5) is 70.7. The molecule has 0 radical (unpaired) electrons. The Morgan fingerprint density at radius 3 is 2.27 bits per heavy atom. The predicted molar refractivity (Wildman–Crippen MR) is 197 cm³/mol. The number of carbonyl (C=O) groups is 5. The topological polar surface area (TPSA) is 167 Å². The Hall–Kier alpha value is -3.84. The van der Waals surface area contributed by atoms with Crippen molar-refractivity contribution in [1.82, 2.24) is 25.8 Å². The fourth-order valence-corrected chi connectivity index (χ4v) is 7.13. The standard InChI is InChI=1S/C38H57N5O7S/c1-23(2)31(43(7)37(47)33(28-16-17-28)42-34(45)24(3)13-11-12-18-39-6)21-32(50-26(5)44)36-41-30(22-51-36)35(46)40-29(19-25(4)38(48)49)20-27-14-9-8-10-15-27/h8-10,14-15,22-25,28-29,31-33,39H,11-13,16-21H2,1-7H3,(H,40,46)(H,42,45)(H,48,49)/t24-,25+,29-,31-,32-,33+/m1/s1. The maximum Gasteiger partial charge on any atom is 0.306 e. The largest absolute Gasteiger partial charge is 0.481 e. The third-order valence-corrected chi connectivity index (χ3v) is 10.5. The first kappa shape index (κ1) is 41.6. The summed E-state index contributed by atoms with van der Waals surface area (Å²) in [6, 6.07) is 8.09. The molecular weight excluding hydrogens is 671 g/mol. The van der Waals surface area contributed by atoms with Crippen molar-refractivity contribution in [3.8, 4) is 0 Å². The van der Waals surface area contributed by atoms with Crippen LogP contribution in [0.4, 0.5) is 0 Å². The molecule has 2 aromatic rings. The van der Waals surface area contributed by atoms with Gasteiger partial charge in [-0.2, -0.15) is 0 Å². The number of benzene rings is 1. The number of thiazole rings is 1. The number of ether oxygens (including phenoxy) is 1. The van der Waals surface area contributed by atoms with E-state index in [4.69, 9.17) is 4.74 Å². The first-order valence-corrected chi connectivity index (χ1v) is 19.0. The van der Waals surface area contributed by atoms with Crippen LogP contribution in [0.5, 0.6) is 0 Å². The lowest BCUT2D eigenvalue weighted by Gasteiger charge is -2.36. The molecule has 1 fully saturated rings. The summed E-state index contributed by atoms with van der Waals surface area (Å²) in [6.07, 6.45) is 4.49. The Kier molecular flexibility index (Phi) is 16.5. The Morgan fingerprint density at radius 2 is 1.69 bits per heavy atom. The maximum atomic E-state index is 14.0. The van der Waals surface area contributed by atoms with E-state index in [1.807, 2.05) is 58.2 Å². The van der Waals surface area contributed by atoms with E-state index in [1.165, 1.54) is 18.3 Å². The number of likely N-dealkylation sites (N-methyl/N-ethyl adjacent to an activating group) is 1. The maximum absolute atomic E-state index is 14.0. The van der Waals surface area contributed by atoms with E-state index in [0.29, 0.717) is 11.4 Å². The van der Waals surface area contributed by atoms with Gasteiger partial charge in [-0.15, -0.1) is 11.3 Å². The Morgan fingerprint density at radius 1 is 1.00 bits per heavy atom. The Balaban J connectivity index is 1.75. The summed E-state index contributed by atoms with van der Waals surface area (Å²) in [5.41, 5.74) is 1.10. The number of carboxylic acids is 1. The molecule has 1 aliphatic carbocycles. The lowest BCUT2D eigenvalue weighted by molar-refractivity contribution is -0.149. The fraction of sp³-hybridized carbons (Fsp3) is 0.632. The van der Waals surface area contributed by atoms with Gasteiger partial charge in [-0.05, 0) is 69.5 Å². The highest BCUT2D eigenvalue weighted by Gasteiger charge is 2.41. The van der Waals surface area contributed by atoms with E-state index in [0.717, 1.165) is 44.2 Å². The number of unbranched alkanes of at least 4 members (excludes halogenated alkanes) is 1. The van der Waals surface area contributed by atoms with Gasteiger partial charge < -0.3 is 30.7 Å². The Bertz CT molecular complexity index is 1450. The number of aliphatic carboxylic acids is 1. The molecule has 0 bridgehead atoms. The first-order chi connectivity index (χ1) is 24.2. The van der Waals surface area contributed by atoms with Gasteiger partial charge in [0.1, 0.15) is 16.7 Å². The number of esters is 1. The number of carboxylic acid groups (broad SMARTS) is 1. The van der Waals surface area contributed by atoms with Crippen LogP contribution in [-0.4, -0.2) is 83.4 Å². The molecule has 0 spiro atoms. The van der Waals surface area contributed by atoms with E-state index in [9.17, 15) is 29.1 Å². The molecule has 0 saturated heterocycles. The van der Waals surface area contributed by atoms with Gasteiger partial charge in [-0.1, -0.05) is 64.4 Å². The second kappa shape index (κ2) is 20.3. The normalized spacial score (nSPS) is 16.3. The van der Waals surface area contributed by atoms with Crippen molar-refractivity contribution < 1.29 is 33.8 Å². The highest BCUT2D eigenvalue weighted by molar-refractivity contribution is 7.09. The second-order valence-electron chi connectivity index (χ2n) is 14.3. The molecule has 51 heavy (non-hydrogen) atoms. The lowest BCUT2D eigenvalue weighted by Crippen LogP contribution is -2.53. The van der Waals surface area contributed by atoms with Crippen LogP contribution in [0.25, 0.3) is 0 Å². The van der Waals surface area contributed by atoms with Crippen LogP contribution in [-0.2, 0) is 30.3 Å². The Labute approximate surface area is 306 Å². The molecular formula is C38H57N5O7S. The van der Waals surface area contributed by atoms with Gasteiger partial charge in [0.05, 0.1) is 5.92 Å². The van der Waals surface area contributed by atoms with Crippen molar-refractivity contribution >= 4 is 41.0 Å². The average Bonchev–Trinajstić information content (AvgIpc) is 3.81. The number of hydrogen-bond donors (Lipinski definition) is 4. The fourth-order valence-electron chi connectivity index (χ4n) is 6.29. The van der Waals surface area contributed by atoms with Crippen molar-refractivity contribution in [3.63, 3.8) is 0 Å². The molecule has 13 heteroatoms. The zero-order valence-electron chi connectivity index (χ0n) is 31.1. The molecule has 1 aliphatic rings. The zero-order valence-corrected chi connectivity index (χ0v) is 32.0. The van der Waals surface area contributed by atoms with Gasteiger partial charge >= 0.3 is 11.9 Å². The van der Waals surface area contributed by atoms with Crippen LogP contribution in [0.3, 0.4) is 0 Å². The van der Waals surface area contributed by atoms with Gasteiger partial charge in [0.2, 0.25) is 11.8 Å². The van der Waals surface area contributed by atoms with E-state index in [1.54, 1.807) is 24.3 Å². The van der Waals surface area contributed by atoms with E-state index in [-0.39, 0.29) is 54.1 Å². The molecule has 0 unspecified atom stereocenters. The summed E-state index contributed by atoms with van der Waals surface area (Å²) in [5.74, 6) is -3.03. The molecule has 4 N–H and O–H groups in total. The number of aromatic nitrogens is 1. The van der Waals surface area contributed by atoms with Gasteiger partial charge in [0.15, 0.2) is 6.10 Å². The quantitative estimate of drug-likeness (QED) is 0.0965. The first-order valence-electron chi connectivity index (χ1n) is 18.1. The summed E-state index contributed by atoms with van der Waals surface area (Å²) >= 11 is 1.19. The minimum absolute atomic E-state index is 0.0311. The number of nitrogens with one attached hydrogen (secondary N) is 3. The predicted octanol–water partition coefficient (Wildman–Crippen LogP) is 4.99. The summed E-state index contributed by atoms with van der Waals surface area (Å²) < 4.78 is 5.75. The molecule has 6 atom stereocenters. The molecule has 1 aromatic carbocycles. The highest BCUT2D eigenvalue weighted by atomic mass is 32.1. The average molecular weight is 728 g/mol. The summed E-state index contributed by atoms with van der Waals surface area (Å²) in [7, 11) is 3.63. The summed E-state index contributed by atoms with van der Waals surface area (Å²) in [5, 5.41) is 20.7. The smallest absolute Gasteiger partial charge is 0.306 e. The van der Waals surface area contributed by atoms with E-state index in [2.05, 4.69) is 20.9 Å². The van der Waals surface area contributed by atoms with Crippen molar-refractivity contribution in [2.24, 2.45) is 23.7 Å². The van der Waals surface area contributed by atoms with Crippen LogP contribution < -0.4 is 16.0 Å². The number of hydrogen-bond acceptors (Lipinski definition) is 9. The van der Waals surface area contributed by atoms with Gasteiger partial charge in [0.25, 0.3) is 5.91 Å². The number of rotatable bonds is 22. The molecule has 3 amide bonds. The zero-order chi connectivity index (χ0) is 37.7. The van der Waals surface area contributed by atoms with Gasteiger partial charge in [-0.3, -0.25) is 24.0 Å². The monoisotopic (exact) mass is 727 g/mol. The van der Waals surface area contributed by atoms with Crippen molar-refractivity contribution in [1.29, 1.82) is 0 Å². The minimum Gasteiger partial charge on any atom is -0.481 e. The van der Waals surface area contributed by atoms with Crippen LogP contribution in [0.15, 0.2) is 35.7 Å². The van der Waals surface area contributed by atoms with Crippen molar-refractivity contribution in [2.45, 2.75) is 110 Å². The molecule has 12 nitrogen and oxygen atoms in total. The molecule has 1 aromatic heterocycles. The van der Waals surface area contributed by atoms with Gasteiger partial charge in [-0.25, -0.2) is 4.98 Å². The van der Waals surface area contributed by atoms with Crippen molar-refractivity contribution in [2.75, 3.05) is 20.6 Å². The third-order valence-electron chi connectivity index (χ3n) is 9.55. The van der Waals surface area contributed by atoms with E-state index >= 15 is 0 Å². The molecule has 1 heterocycles. The second-order valence-corrected chi connectivity index (χ2v) is 15.2.